The lowest BCUT2D eigenvalue weighted by molar-refractivity contribution is -0.123. The topological polar surface area (TPSA) is 144 Å². The van der Waals surface area contributed by atoms with Crippen LogP contribution in [0.4, 0.5) is 10.1 Å². The summed E-state index contributed by atoms with van der Waals surface area (Å²) in [5.74, 6) is -0.171. The molecule has 3 heterocycles. The van der Waals surface area contributed by atoms with Crippen molar-refractivity contribution in [3.8, 4) is 17.5 Å². The first-order chi connectivity index (χ1) is 19.1. The molecular formula is C29H34FN7O3. The van der Waals surface area contributed by atoms with Crippen LogP contribution in [0.15, 0.2) is 36.7 Å². The summed E-state index contributed by atoms with van der Waals surface area (Å²) in [6, 6.07) is 9.50. The minimum atomic E-state index is -1.64. The van der Waals surface area contributed by atoms with Gasteiger partial charge in [0.25, 0.3) is 5.91 Å². The van der Waals surface area contributed by atoms with Crippen LogP contribution in [0.2, 0.25) is 0 Å². The summed E-state index contributed by atoms with van der Waals surface area (Å²) in [5.41, 5.74) is 1.67. The molecule has 2 aliphatic carbocycles. The zero-order chi connectivity index (χ0) is 28.4. The summed E-state index contributed by atoms with van der Waals surface area (Å²) in [5, 5.41) is 32.7. The van der Waals surface area contributed by atoms with Gasteiger partial charge in [0.2, 0.25) is 5.91 Å². The van der Waals surface area contributed by atoms with Crippen molar-refractivity contribution >= 4 is 23.0 Å². The van der Waals surface area contributed by atoms with Gasteiger partial charge in [0.05, 0.1) is 52.1 Å². The van der Waals surface area contributed by atoms with Crippen molar-refractivity contribution in [1.82, 2.24) is 25.2 Å². The standard InChI is InChI=1S/C29H34FN7O3/c1-29(2,40)26(30)16-33-28(39)22-15-32-24(25-10-9-21-11-17(13-31)14-34-37(21)25)12-23(22)35-19-5-7-20(8-6-19)36-27(38)18-3-4-18/h9-12,14-15,18-20,26,40H,3-8,16H2,1-2H3,(H,32,35)(H,33,39)(H,36,38)/t19-,20-,26-/m1/s1. The number of carbonyl (C=O) groups excluding carboxylic acids is 2. The van der Waals surface area contributed by atoms with Crippen LogP contribution in [0.5, 0.6) is 0 Å². The van der Waals surface area contributed by atoms with Crippen LogP contribution in [-0.4, -0.2) is 61.9 Å². The van der Waals surface area contributed by atoms with Gasteiger partial charge in [0.15, 0.2) is 0 Å². The lowest BCUT2D eigenvalue weighted by Gasteiger charge is -2.31. The fourth-order valence-corrected chi connectivity index (χ4v) is 4.94. The Labute approximate surface area is 232 Å². The third-order valence-corrected chi connectivity index (χ3v) is 7.63. The fourth-order valence-electron chi connectivity index (χ4n) is 4.94. The van der Waals surface area contributed by atoms with E-state index in [0.717, 1.165) is 44.0 Å². The molecule has 10 nitrogen and oxygen atoms in total. The van der Waals surface area contributed by atoms with Crippen molar-refractivity contribution in [1.29, 1.82) is 5.26 Å². The molecule has 3 aromatic rings. The summed E-state index contributed by atoms with van der Waals surface area (Å²) < 4.78 is 16.0. The highest BCUT2D eigenvalue weighted by molar-refractivity contribution is 6.00. The number of aliphatic hydroxyl groups is 1. The highest BCUT2D eigenvalue weighted by Crippen LogP contribution is 2.31. The number of pyridine rings is 1. The van der Waals surface area contributed by atoms with E-state index in [2.05, 4.69) is 32.1 Å². The third kappa shape index (κ3) is 6.23. The number of anilines is 1. The molecule has 0 bridgehead atoms. The SMILES string of the molecule is CC(C)(O)[C@H](F)CNC(=O)c1cnc(-c2ccc3cc(C#N)cnn23)cc1N[C@H]1CC[C@H](NC(=O)C2CC2)CC1. The van der Waals surface area contributed by atoms with Gasteiger partial charge in [0.1, 0.15) is 12.2 Å². The number of fused-ring (bicyclic) bond motifs is 1. The quantitative estimate of drug-likeness (QED) is 0.322. The Balaban J connectivity index is 1.37. The van der Waals surface area contributed by atoms with Gasteiger partial charge in [-0.15, -0.1) is 0 Å². The van der Waals surface area contributed by atoms with E-state index in [1.165, 1.54) is 26.2 Å². The Morgan fingerprint density at radius 2 is 1.88 bits per heavy atom. The Morgan fingerprint density at radius 3 is 2.55 bits per heavy atom. The first-order valence-corrected chi connectivity index (χ1v) is 13.7. The highest BCUT2D eigenvalue weighted by atomic mass is 19.1. The predicted molar refractivity (Wildman–Crippen MR) is 147 cm³/mol. The summed E-state index contributed by atoms with van der Waals surface area (Å²) in [7, 11) is 0. The Morgan fingerprint density at radius 1 is 1.15 bits per heavy atom. The number of amides is 2. The number of hydrogen-bond donors (Lipinski definition) is 4. The van der Waals surface area contributed by atoms with Crippen molar-refractivity contribution in [3.63, 3.8) is 0 Å². The molecule has 0 spiro atoms. The molecule has 3 aromatic heterocycles. The second kappa shape index (κ2) is 11.2. The summed E-state index contributed by atoms with van der Waals surface area (Å²) in [4.78, 5) is 29.8. The largest absolute Gasteiger partial charge is 0.387 e. The molecule has 0 radical (unpaired) electrons. The number of carbonyl (C=O) groups is 2. The molecule has 4 N–H and O–H groups in total. The van der Waals surface area contributed by atoms with Crippen LogP contribution >= 0.6 is 0 Å². The molecule has 0 aromatic carbocycles. The van der Waals surface area contributed by atoms with Gasteiger partial charge < -0.3 is 21.1 Å². The van der Waals surface area contributed by atoms with E-state index in [9.17, 15) is 24.3 Å². The van der Waals surface area contributed by atoms with E-state index in [1.807, 2.05) is 12.1 Å². The van der Waals surface area contributed by atoms with Gasteiger partial charge in [-0.1, -0.05) is 0 Å². The average Bonchev–Trinajstić information content (AvgIpc) is 3.71. The van der Waals surface area contributed by atoms with Crippen molar-refractivity contribution in [2.45, 2.75) is 76.2 Å². The molecule has 210 valence electrons. The van der Waals surface area contributed by atoms with Crippen LogP contribution in [0.1, 0.15) is 68.3 Å². The van der Waals surface area contributed by atoms with Crippen LogP contribution in [-0.2, 0) is 4.79 Å². The molecule has 1 atom stereocenters. The number of nitrogens with zero attached hydrogens (tertiary/aromatic N) is 4. The molecule has 0 unspecified atom stereocenters. The number of hydrogen-bond acceptors (Lipinski definition) is 7. The normalized spacial score (nSPS) is 20.0. The maximum atomic E-state index is 14.3. The summed E-state index contributed by atoms with van der Waals surface area (Å²) >= 11 is 0. The van der Waals surface area contributed by atoms with Crippen molar-refractivity contribution in [2.75, 3.05) is 11.9 Å². The predicted octanol–water partition coefficient (Wildman–Crippen LogP) is 3.36. The van der Waals surface area contributed by atoms with E-state index in [4.69, 9.17) is 0 Å². The van der Waals surface area contributed by atoms with Gasteiger partial charge in [-0.3, -0.25) is 14.6 Å². The molecular weight excluding hydrogens is 513 g/mol. The fraction of sp³-hybridized carbons (Fsp3) is 0.483. The number of rotatable bonds is 9. The van der Waals surface area contributed by atoms with Crippen molar-refractivity contribution in [3.05, 3.63) is 47.8 Å². The molecule has 2 amide bonds. The average molecular weight is 548 g/mol. The van der Waals surface area contributed by atoms with Crippen molar-refractivity contribution < 1.29 is 19.1 Å². The van der Waals surface area contributed by atoms with Crippen LogP contribution < -0.4 is 16.0 Å². The Bertz CT molecular complexity index is 1450. The molecule has 11 heteroatoms. The summed E-state index contributed by atoms with van der Waals surface area (Å²) in [6.45, 7) is 2.36. The maximum absolute atomic E-state index is 14.3. The minimum Gasteiger partial charge on any atom is -0.387 e. The summed E-state index contributed by atoms with van der Waals surface area (Å²) in [6.07, 6.45) is 6.53. The van der Waals surface area contributed by atoms with E-state index in [0.29, 0.717) is 22.6 Å². The smallest absolute Gasteiger partial charge is 0.255 e. The molecule has 0 saturated heterocycles. The van der Waals surface area contributed by atoms with Gasteiger partial charge in [-0.2, -0.15) is 10.4 Å². The number of alkyl halides is 1. The first-order valence-electron chi connectivity index (χ1n) is 13.7. The molecule has 2 aliphatic rings. The van der Waals surface area contributed by atoms with Gasteiger partial charge >= 0.3 is 0 Å². The van der Waals surface area contributed by atoms with E-state index < -0.39 is 17.7 Å². The van der Waals surface area contributed by atoms with E-state index in [-0.39, 0.29) is 36.0 Å². The monoisotopic (exact) mass is 547 g/mol. The highest BCUT2D eigenvalue weighted by Gasteiger charge is 2.32. The lowest BCUT2D eigenvalue weighted by atomic mass is 9.90. The molecule has 2 saturated carbocycles. The Kier molecular flexibility index (Phi) is 7.72. The Hall–Kier alpha value is -4.04. The van der Waals surface area contributed by atoms with E-state index >= 15 is 0 Å². The number of nitriles is 1. The minimum absolute atomic E-state index is 0.0709. The molecule has 0 aliphatic heterocycles. The van der Waals surface area contributed by atoms with Crippen molar-refractivity contribution in [2.24, 2.45) is 5.92 Å². The van der Waals surface area contributed by atoms with Gasteiger partial charge in [-0.05, 0) is 76.6 Å². The van der Waals surface area contributed by atoms with Gasteiger partial charge in [-0.25, -0.2) is 8.91 Å². The van der Waals surface area contributed by atoms with Crippen LogP contribution in [0, 0.1) is 17.2 Å². The van der Waals surface area contributed by atoms with Crippen LogP contribution in [0.25, 0.3) is 16.9 Å². The zero-order valence-corrected chi connectivity index (χ0v) is 22.7. The zero-order valence-electron chi connectivity index (χ0n) is 22.7. The van der Waals surface area contributed by atoms with Gasteiger partial charge in [0, 0.05) is 24.2 Å². The van der Waals surface area contributed by atoms with Crippen LogP contribution in [0.3, 0.4) is 0 Å². The molecule has 5 rings (SSSR count). The number of halogens is 1. The number of aromatic nitrogens is 3. The lowest BCUT2D eigenvalue weighted by Crippen LogP contribution is -2.42. The molecule has 40 heavy (non-hydrogen) atoms. The second-order valence-corrected chi connectivity index (χ2v) is 11.3. The van der Waals surface area contributed by atoms with E-state index in [1.54, 1.807) is 16.6 Å². The second-order valence-electron chi connectivity index (χ2n) is 11.3. The number of nitrogens with one attached hydrogen (secondary N) is 3. The maximum Gasteiger partial charge on any atom is 0.255 e. The third-order valence-electron chi connectivity index (χ3n) is 7.63. The first kappa shape index (κ1) is 27.5. The molecule has 2 fully saturated rings.